The summed E-state index contributed by atoms with van der Waals surface area (Å²) in [6.45, 7) is 3.97. The molecule has 0 radical (unpaired) electrons. The van der Waals surface area contributed by atoms with Crippen LogP contribution in [0.1, 0.15) is 47.0 Å². The molecular formula is C17H21N3OS. The molecule has 2 fully saturated rings. The maximum atomic E-state index is 12.5. The number of thiazole rings is 1. The molecule has 1 aromatic heterocycles. The third kappa shape index (κ3) is 2.63. The van der Waals surface area contributed by atoms with Crippen LogP contribution in [0.4, 0.5) is 0 Å². The summed E-state index contributed by atoms with van der Waals surface area (Å²) < 4.78 is 1.15. The Hall–Kier alpha value is -1.46. The van der Waals surface area contributed by atoms with E-state index in [0.717, 1.165) is 54.8 Å². The lowest BCUT2D eigenvalue weighted by Gasteiger charge is -2.20. The highest BCUT2D eigenvalue weighted by molar-refractivity contribution is 7.18. The van der Waals surface area contributed by atoms with Crippen molar-refractivity contribution in [3.8, 4) is 0 Å². The molecule has 5 heteroatoms. The average Bonchev–Trinajstić information content (AvgIpc) is 3.23. The van der Waals surface area contributed by atoms with Crippen molar-refractivity contribution in [2.45, 2.75) is 31.6 Å². The molecule has 2 aliphatic rings. The number of hydrogen-bond acceptors (Lipinski definition) is 4. The minimum absolute atomic E-state index is 0.177. The van der Waals surface area contributed by atoms with Crippen molar-refractivity contribution in [2.24, 2.45) is 0 Å². The van der Waals surface area contributed by atoms with E-state index in [2.05, 4.69) is 5.32 Å². The van der Waals surface area contributed by atoms with Crippen LogP contribution in [-0.4, -0.2) is 42.0 Å². The van der Waals surface area contributed by atoms with E-state index >= 15 is 0 Å². The van der Waals surface area contributed by atoms with E-state index in [4.69, 9.17) is 4.98 Å². The Bertz CT molecular complexity index is 684. The molecule has 1 N–H and O–H groups in total. The van der Waals surface area contributed by atoms with E-state index in [0.29, 0.717) is 5.92 Å². The summed E-state index contributed by atoms with van der Waals surface area (Å²) in [7, 11) is 0. The number of rotatable bonds is 2. The first-order valence-corrected chi connectivity index (χ1v) is 9.03. The Kier molecular flexibility index (Phi) is 3.84. The third-order valence-electron chi connectivity index (χ3n) is 4.73. The number of benzene rings is 1. The Morgan fingerprint density at radius 3 is 2.77 bits per heavy atom. The SMILES string of the molecule is O=C(c1ccc2nc(C3CCNCC3)sc2c1)N1CCCC1. The summed E-state index contributed by atoms with van der Waals surface area (Å²) in [5.41, 5.74) is 1.85. The highest BCUT2D eigenvalue weighted by Gasteiger charge is 2.22. The molecule has 0 atom stereocenters. The molecule has 1 amide bonds. The Morgan fingerprint density at radius 1 is 1.23 bits per heavy atom. The number of fused-ring (bicyclic) bond motifs is 1. The maximum absolute atomic E-state index is 12.5. The molecule has 22 heavy (non-hydrogen) atoms. The molecule has 2 aromatic rings. The zero-order chi connectivity index (χ0) is 14.9. The van der Waals surface area contributed by atoms with Gasteiger partial charge in [-0.2, -0.15) is 0 Å². The molecule has 0 spiro atoms. The standard InChI is InChI=1S/C17H21N3OS/c21-17(20-9-1-2-10-20)13-3-4-14-15(11-13)22-16(19-14)12-5-7-18-8-6-12/h3-4,11-12,18H,1-2,5-10H2. The number of amides is 1. The number of nitrogens with one attached hydrogen (secondary N) is 1. The number of likely N-dealkylation sites (tertiary alicyclic amines) is 1. The first kappa shape index (κ1) is 14.2. The molecule has 3 heterocycles. The Balaban J connectivity index is 1.61. The minimum atomic E-state index is 0.177. The quantitative estimate of drug-likeness (QED) is 0.926. The third-order valence-corrected chi connectivity index (χ3v) is 5.91. The van der Waals surface area contributed by atoms with E-state index in [-0.39, 0.29) is 5.91 Å². The highest BCUT2D eigenvalue weighted by Crippen LogP contribution is 2.33. The number of nitrogens with zero attached hydrogens (tertiary/aromatic N) is 2. The van der Waals surface area contributed by atoms with Gasteiger partial charge in [0.15, 0.2) is 0 Å². The predicted octanol–water partition coefficient (Wildman–Crippen LogP) is 3.00. The van der Waals surface area contributed by atoms with Crippen LogP contribution in [0.15, 0.2) is 18.2 Å². The van der Waals surface area contributed by atoms with Gasteiger partial charge < -0.3 is 10.2 Å². The first-order valence-electron chi connectivity index (χ1n) is 8.22. The fourth-order valence-electron chi connectivity index (χ4n) is 3.42. The maximum Gasteiger partial charge on any atom is 0.253 e. The molecule has 4 rings (SSSR count). The number of carbonyl (C=O) groups is 1. The zero-order valence-electron chi connectivity index (χ0n) is 12.7. The van der Waals surface area contributed by atoms with E-state index in [1.165, 1.54) is 17.8 Å². The summed E-state index contributed by atoms with van der Waals surface area (Å²) in [5.74, 6) is 0.757. The summed E-state index contributed by atoms with van der Waals surface area (Å²) >= 11 is 1.77. The van der Waals surface area contributed by atoms with Gasteiger partial charge in [0.1, 0.15) is 0 Å². The van der Waals surface area contributed by atoms with Gasteiger partial charge in [0.25, 0.3) is 5.91 Å². The predicted molar refractivity (Wildman–Crippen MR) is 89.6 cm³/mol. The normalized spacial score (nSPS) is 19.9. The molecular weight excluding hydrogens is 294 g/mol. The smallest absolute Gasteiger partial charge is 0.253 e. The molecule has 2 aliphatic heterocycles. The van der Waals surface area contributed by atoms with Crippen LogP contribution in [0.2, 0.25) is 0 Å². The Labute approximate surface area is 134 Å². The van der Waals surface area contributed by atoms with Gasteiger partial charge in [-0.25, -0.2) is 4.98 Å². The monoisotopic (exact) mass is 315 g/mol. The number of piperidine rings is 1. The number of hydrogen-bond donors (Lipinski definition) is 1. The lowest BCUT2D eigenvalue weighted by molar-refractivity contribution is 0.0793. The van der Waals surface area contributed by atoms with Gasteiger partial charge in [0.05, 0.1) is 15.2 Å². The van der Waals surface area contributed by atoms with Crippen molar-refractivity contribution in [3.63, 3.8) is 0 Å². The van der Waals surface area contributed by atoms with Crippen molar-refractivity contribution in [1.82, 2.24) is 15.2 Å². The van der Waals surface area contributed by atoms with Gasteiger partial charge in [-0.3, -0.25) is 4.79 Å². The second-order valence-corrected chi connectivity index (χ2v) is 7.32. The second-order valence-electron chi connectivity index (χ2n) is 6.26. The van der Waals surface area contributed by atoms with Crippen LogP contribution in [-0.2, 0) is 0 Å². The van der Waals surface area contributed by atoms with Gasteiger partial charge >= 0.3 is 0 Å². The second kappa shape index (κ2) is 5.97. The van der Waals surface area contributed by atoms with Crippen molar-refractivity contribution in [2.75, 3.05) is 26.2 Å². The lowest BCUT2D eigenvalue weighted by atomic mass is 9.99. The van der Waals surface area contributed by atoms with Crippen LogP contribution in [0.3, 0.4) is 0 Å². The van der Waals surface area contributed by atoms with E-state index in [9.17, 15) is 4.79 Å². The van der Waals surface area contributed by atoms with Gasteiger partial charge in [-0.15, -0.1) is 11.3 Å². The highest BCUT2D eigenvalue weighted by atomic mass is 32.1. The van der Waals surface area contributed by atoms with E-state index < -0.39 is 0 Å². The zero-order valence-corrected chi connectivity index (χ0v) is 13.5. The largest absolute Gasteiger partial charge is 0.339 e. The first-order chi connectivity index (χ1) is 10.8. The van der Waals surface area contributed by atoms with Crippen molar-refractivity contribution in [1.29, 1.82) is 0 Å². The van der Waals surface area contributed by atoms with Crippen LogP contribution in [0, 0.1) is 0 Å². The molecule has 4 nitrogen and oxygen atoms in total. The summed E-state index contributed by atoms with van der Waals surface area (Å²) in [6, 6.07) is 5.99. The summed E-state index contributed by atoms with van der Waals surface area (Å²) in [4.78, 5) is 19.3. The van der Waals surface area contributed by atoms with Crippen LogP contribution < -0.4 is 5.32 Å². The number of carbonyl (C=O) groups excluding carboxylic acids is 1. The van der Waals surface area contributed by atoms with E-state index in [1.807, 2.05) is 23.1 Å². The lowest BCUT2D eigenvalue weighted by Crippen LogP contribution is -2.27. The molecule has 0 saturated carbocycles. The fourth-order valence-corrected chi connectivity index (χ4v) is 4.60. The molecule has 116 valence electrons. The van der Waals surface area contributed by atoms with Gasteiger partial charge in [0.2, 0.25) is 0 Å². The van der Waals surface area contributed by atoms with Crippen molar-refractivity contribution >= 4 is 27.5 Å². The van der Waals surface area contributed by atoms with Crippen LogP contribution in [0.25, 0.3) is 10.2 Å². The van der Waals surface area contributed by atoms with Crippen LogP contribution >= 0.6 is 11.3 Å². The molecule has 0 unspecified atom stereocenters. The molecule has 2 saturated heterocycles. The van der Waals surface area contributed by atoms with Crippen LogP contribution in [0.5, 0.6) is 0 Å². The molecule has 0 bridgehead atoms. The van der Waals surface area contributed by atoms with Crippen molar-refractivity contribution in [3.05, 3.63) is 28.8 Å². The number of aromatic nitrogens is 1. The summed E-state index contributed by atoms with van der Waals surface area (Å²) in [5, 5.41) is 4.64. The Morgan fingerprint density at radius 2 is 2.00 bits per heavy atom. The van der Waals surface area contributed by atoms with Crippen molar-refractivity contribution < 1.29 is 4.79 Å². The van der Waals surface area contributed by atoms with Gasteiger partial charge in [-0.1, -0.05) is 0 Å². The van der Waals surface area contributed by atoms with E-state index in [1.54, 1.807) is 11.3 Å². The topological polar surface area (TPSA) is 45.2 Å². The molecule has 0 aliphatic carbocycles. The van der Waals surface area contributed by atoms with Gasteiger partial charge in [-0.05, 0) is 57.0 Å². The minimum Gasteiger partial charge on any atom is -0.339 e. The molecule has 1 aromatic carbocycles. The fraction of sp³-hybridized carbons (Fsp3) is 0.529. The summed E-state index contributed by atoms with van der Waals surface area (Å²) in [6.07, 6.45) is 4.60. The average molecular weight is 315 g/mol. The van der Waals surface area contributed by atoms with Gasteiger partial charge in [0, 0.05) is 24.6 Å².